The van der Waals surface area contributed by atoms with Crippen molar-refractivity contribution in [3.8, 4) is 0 Å². The van der Waals surface area contributed by atoms with E-state index in [9.17, 15) is 0 Å². The molecule has 5 nitrogen and oxygen atoms in total. The summed E-state index contributed by atoms with van der Waals surface area (Å²) in [4.78, 5) is 0. The van der Waals surface area contributed by atoms with Crippen LogP contribution in [-0.4, -0.2) is 36.8 Å². The molecule has 0 radical (unpaired) electrons. The molecule has 0 aliphatic carbocycles. The van der Waals surface area contributed by atoms with Gasteiger partial charge in [-0.3, -0.25) is 0 Å². The van der Waals surface area contributed by atoms with Crippen molar-refractivity contribution in [1.29, 1.82) is 0 Å². The lowest BCUT2D eigenvalue weighted by molar-refractivity contribution is 0.124. The number of rotatable bonds is 9. The normalized spacial score (nSPS) is 14.4. The first-order chi connectivity index (χ1) is 7.61. The minimum atomic E-state index is -0.0706. The Hall–Kier alpha value is -0.810. The van der Waals surface area contributed by atoms with Crippen molar-refractivity contribution < 1.29 is 9.94 Å². The molecule has 0 heterocycles. The summed E-state index contributed by atoms with van der Waals surface area (Å²) < 4.78 is 5.45. The van der Waals surface area contributed by atoms with E-state index in [2.05, 4.69) is 24.3 Å². The van der Waals surface area contributed by atoms with Gasteiger partial charge in [-0.25, -0.2) is 0 Å². The minimum Gasteiger partial charge on any atom is -0.409 e. The highest BCUT2D eigenvalue weighted by Gasteiger charge is 2.09. The van der Waals surface area contributed by atoms with Crippen molar-refractivity contribution >= 4 is 5.84 Å². The molecule has 4 N–H and O–H groups in total. The Balaban J connectivity index is 3.49. The van der Waals surface area contributed by atoms with Gasteiger partial charge in [0.2, 0.25) is 0 Å². The average Bonchev–Trinajstić information content (AvgIpc) is 2.27. The van der Waals surface area contributed by atoms with Crippen LogP contribution >= 0.6 is 0 Å². The van der Waals surface area contributed by atoms with E-state index in [0.29, 0.717) is 19.1 Å². The summed E-state index contributed by atoms with van der Waals surface area (Å²) in [5, 5.41) is 14.7. The molecule has 1 atom stereocenters. The lowest BCUT2D eigenvalue weighted by Crippen LogP contribution is -2.42. The van der Waals surface area contributed by atoms with Crippen LogP contribution in [-0.2, 0) is 4.74 Å². The summed E-state index contributed by atoms with van der Waals surface area (Å²) in [7, 11) is 0. The van der Waals surface area contributed by atoms with Gasteiger partial charge in [0, 0.05) is 13.2 Å². The number of amidine groups is 1. The van der Waals surface area contributed by atoms with Crippen molar-refractivity contribution in [2.75, 3.05) is 19.8 Å². The Morgan fingerprint density at radius 3 is 2.62 bits per heavy atom. The maximum absolute atomic E-state index is 8.53. The molecule has 0 spiro atoms. The number of ether oxygens (including phenoxy) is 1. The molecule has 0 aromatic carbocycles. The zero-order chi connectivity index (χ0) is 12.4. The monoisotopic (exact) mass is 231 g/mol. The summed E-state index contributed by atoms with van der Waals surface area (Å²) in [5.74, 6) is 0.901. The molecule has 0 fully saturated rings. The fourth-order valence-electron chi connectivity index (χ4n) is 1.25. The summed E-state index contributed by atoms with van der Waals surface area (Å²) in [5.41, 5.74) is 5.51. The van der Waals surface area contributed by atoms with Crippen LogP contribution in [0.2, 0.25) is 0 Å². The molecule has 0 saturated heterocycles. The van der Waals surface area contributed by atoms with E-state index in [-0.39, 0.29) is 11.9 Å². The van der Waals surface area contributed by atoms with Gasteiger partial charge in [0.15, 0.2) is 5.84 Å². The molecule has 0 bridgehead atoms. The van der Waals surface area contributed by atoms with Gasteiger partial charge in [0.1, 0.15) is 0 Å². The molecule has 5 heteroatoms. The highest BCUT2D eigenvalue weighted by molar-refractivity contribution is 5.85. The van der Waals surface area contributed by atoms with Crippen molar-refractivity contribution in [2.45, 2.75) is 39.7 Å². The third-order valence-electron chi connectivity index (χ3n) is 2.36. The van der Waals surface area contributed by atoms with Gasteiger partial charge in [-0.15, -0.1) is 0 Å². The summed E-state index contributed by atoms with van der Waals surface area (Å²) in [6, 6.07) is -0.0706. The topological polar surface area (TPSA) is 79.9 Å². The van der Waals surface area contributed by atoms with Crippen LogP contribution < -0.4 is 11.1 Å². The lowest BCUT2D eigenvalue weighted by atomic mass is 10.1. The first-order valence-electron chi connectivity index (χ1n) is 5.90. The lowest BCUT2D eigenvalue weighted by Gasteiger charge is -2.15. The average molecular weight is 231 g/mol. The summed E-state index contributed by atoms with van der Waals surface area (Å²) in [6.07, 6.45) is 1.87. The number of nitrogens with two attached hydrogens (primary N) is 1. The third-order valence-corrected chi connectivity index (χ3v) is 2.36. The van der Waals surface area contributed by atoms with Gasteiger partial charge in [-0.05, 0) is 18.8 Å². The Morgan fingerprint density at radius 1 is 1.44 bits per heavy atom. The quantitative estimate of drug-likeness (QED) is 0.183. The first-order valence-corrected chi connectivity index (χ1v) is 5.90. The molecule has 0 amide bonds. The third kappa shape index (κ3) is 7.48. The number of hydrogen-bond donors (Lipinski definition) is 3. The molecule has 16 heavy (non-hydrogen) atoms. The van der Waals surface area contributed by atoms with E-state index in [1.165, 1.54) is 0 Å². The van der Waals surface area contributed by atoms with Gasteiger partial charge < -0.3 is 21.0 Å². The Kier molecular flexibility index (Phi) is 8.94. The van der Waals surface area contributed by atoms with E-state index in [1.807, 2.05) is 6.92 Å². The largest absolute Gasteiger partial charge is 0.409 e. The van der Waals surface area contributed by atoms with Crippen LogP contribution in [0.1, 0.15) is 33.6 Å². The zero-order valence-corrected chi connectivity index (χ0v) is 10.6. The second-order valence-electron chi connectivity index (χ2n) is 4.23. The SMILES string of the molecule is CCC(NCCOCCC(C)C)C(N)=NO. The zero-order valence-electron chi connectivity index (χ0n) is 10.6. The van der Waals surface area contributed by atoms with Crippen LogP contribution in [0.25, 0.3) is 0 Å². The van der Waals surface area contributed by atoms with Gasteiger partial charge in [0.05, 0.1) is 12.6 Å². The van der Waals surface area contributed by atoms with Crippen LogP contribution in [0.3, 0.4) is 0 Å². The molecule has 96 valence electrons. The van der Waals surface area contributed by atoms with Gasteiger partial charge in [-0.2, -0.15) is 0 Å². The number of nitrogens with zero attached hydrogens (tertiary/aromatic N) is 1. The van der Waals surface area contributed by atoms with Crippen molar-refractivity contribution in [1.82, 2.24) is 5.32 Å². The highest BCUT2D eigenvalue weighted by Crippen LogP contribution is 1.98. The fraction of sp³-hybridized carbons (Fsp3) is 0.909. The second-order valence-corrected chi connectivity index (χ2v) is 4.23. The summed E-state index contributed by atoms with van der Waals surface area (Å²) in [6.45, 7) is 8.49. The first kappa shape index (κ1) is 15.2. The van der Waals surface area contributed by atoms with Gasteiger partial charge in [-0.1, -0.05) is 25.9 Å². The Morgan fingerprint density at radius 2 is 2.12 bits per heavy atom. The van der Waals surface area contributed by atoms with E-state index >= 15 is 0 Å². The van der Waals surface area contributed by atoms with Crippen molar-refractivity contribution in [2.24, 2.45) is 16.8 Å². The molecule has 0 aliphatic heterocycles. The molecule has 1 unspecified atom stereocenters. The maximum Gasteiger partial charge on any atom is 0.156 e. The number of oxime groups is 1. The van der Waals surface area contributed by atoms with Gasteiger partial charge >= 0.3 is 0 Å². The predicted molar refractivity (Wildman–Crippen MR) is 65.8 cm³/mol. The predicted octanol–water partition coefficient (Wildman–Crippen LogP) is 1.16. The highest BCUT2D eigenvalue weighted by atomic mass is 16.5. The van der Waals surface area contributed by atoms with Crippen LogP contribution in [0.4, 0.5) is 0 Å². The fourth-order valence-corrected chi connectivity index (χ4v) is 1.25. The van der Waals surface area contributed by atoms with E-state index in [4.69, 9.17) is 15.7 Å². The van der Waals surface area contributed by atoms with E-state index < -0.39 is 0 Å². The van der Waals surface area contributed by atoms with Gasteiger partial charge in [0.25, 0.3) is 0 Å². The molecular weight excluding hydrogens is 206 g/mol. The number of hydrogen-bond acceptors (Lipinski definition) is 4. The molecule has 0 rings (SSSR count). The van der Waals surface area contributed by atoms with Crippen LogP contribution in [0.15, 0.2) is 5.16 Å². The van der Waals surface area contributed by atoms with E-state index in [1.54, 1.807) is 0 Å². The number of nitrogens with one attached hydrogen (secondary N) is 1. The van der Waals surface area contributed by atoms with E-state index in [0.717, 1.165) is 19.4 Å². The van der Waals surface area contributed by atoms with Crippen LogP contribution in [0, 0.1) is 5.92 Å². The molecule has 0 aromatic rings. The summed E-state index contributed by atoms with van der Waals surface area (Å²) >= 11 is 0. The Labute approximate surface area is 98.0 Å². The minimum absolute atomic E-state index is 0.0706. The smallest absolute Gasteiger partial charge is 0.156 e. The Bertz CT molecular complexity index is 196. The standard InChI is InChI=1S/C11H25N3O2/c1-4-10(11(12)14-15)13-6-8-16-7-5-9(2)3/h9-10,13,15H,4-8H2,1-3H3,(H2,12,14). The van der Waals surface area contributed by atoms with Crippen LogP contribution in [0.5, 0.6) is 0 Å². The molecule has 0 saturated carbocycles. The van der Waals surface area contributed by atoms with Crippen molar-refractivity contribution in [3.05, 3.63) is 0 Å². The maximum atomic E-state index is 8.53. The molecule has 0 aromatic heterocycles. The second kappa shape index (κ2) is 9.42. The van der Waals surface area contributed by atoms with Crippen molar-refractivity contribution in [3.63, 3.8) is 0 Å². The molecular formula is C11H25N3O2. The molecule has 0 aliphatic rings.